The molecular formula is C18H22ClFN2O3. The van der Waals surface area contributed by atoms with Crippen molar-refractivity contribution >= 4 is 29.1 Å². The predicted octanol–water partition coefficient (Wildman–Crippen LogP) is 3.05. The Hall–Kier alpha value is -1.66. The third-order valence-corrected chi connectivity index (χ3v) is 5.48. The normalized spacial score (nSPS) is 22.9. The summed E-state index contributed by atoms with van der Waals surface area (Å²) in [7, 11) is 1.55. The summed E-state index contributed by atoms with van der Waals surface area (Å²) < 4.78 is 18.8. The van der Waals surface area contributed by atoms with Crippen LogP contribution in [0.15, 0.2) is 18.2 Å². The largest absolute Gasteiger partial charge is 0.368 e. The molecule has 2 aliphatic rings. The molecule has 2 amide bonds. The average Bonchev–Trinajstić information content (AvgIpc) is 2.98. The molecule has 2 fully saturated rings. The Morgan fingerprint density at radius 1 is 1.36 bits per heavy atom. The highest BCUT2D eigenvalue weighted by Gasteiger charge is 2.43. The summed E-state index contributed by atoms with van der Waals surface area (Å²) in [5.74, 6) is -0.952. The lowest BCUT2D eigenvalue weighted by atomic mass is 9.83. The number of halogens is 2. The molecule has 0 bridgehead atoms. The van der Waals surface area contributed by atoms with Gasteiger partial charge in [0.2, 0.25) is 5.91 Å². The monoisotopic (exact) mass is 368 g/mol. The second-order valence-corrected chi connectivity index (χ2v) is 7.07. The first kappa shape index (κ1) is 18.1. The molecule has 1 heterocycles. The van der Waals surface area contributed by atoms with Crippen LogP contribution in [0, 0.1) is 5.82 Å². The molecule has 7 heteroatoms. The summed E-state index contributed by atoms with van der Waals surface area (Å²) in [6.45, 7) is 0.450. The van der Waals surface area contributed by atoms with E-state index in [2.05, 4.69) is 5.32 Å². The fraction of sp³-hybridized carbons (Fsp3) is 0.556. The number of rotatable bonds is 4. The number of amides is 2. The first-order valence-corrected chi connectivity index (χ1v) is 8.97. The van der Waals surface area contributed by atoms with Gasteiger partial charge < -0.3 is 15.0 Å². The number of hydrogen-bond acceptors (Lipinski definition) is 3. The van der Waals surface area contributed by atoms with Crippen molar-refractivity contribution in [3.8, 4) is 0 Å². The van der Waals surface area contributed by atoms with E-state index in [1.54, 1.807) is 7.11 Å². The summed E-state index contributed by atoms with van der Waals surface area (Å²) in [5, 5.41) is 2.82. The summed E-state index contributed by atoms with van der Waals surface area (Å²) >= 11 is 5.80. The summed E-state index contributed by atoms with van der Waals surface area (Å²) in [5.41, 5.74) is -0.294. The maximum absolute atomic E-state index is 13.3. The second-order valence-electron chi connectivity index (χ2n) is 6.66. The summed E-state index contributed by atoms with van der Waals surface area (Å²) in [4.78, 5) is 26.9. The Morgan fingerprint density at radius 2 is 2.08 bits per heavy atom. The van der Waals surface area contributed by atoms with E-state index in [-0.39, 0.29) is 16.8 Å². The van der Waals surface area contributed by atoms with Gasteiger partial charge in [0, 0.05) is 19.3 Å². The van der Waals surface area contributed by atoms with Crippen molar-refractivity contribution in [3.63, 3.8) is 0 Å². The van der Waals surface area contributed by atoms with Crippen LogP contribution in [0.2, 0.25) is 5.02 Å². The Morgan fingerprint density at radius 3 is 2.72 bits per heavy atom. The maximum Gasteiger partial charge on any atom is 0.252 e. The first-order valence-electron chi connectivity index (χ1n) is 8.59. The number of methoxy groups -OCH3 is 1. The van der Waals surface area contributed by atoms with Gasteiger partial charge in [-0.15, -0.1) is 0 Å². The van der Waals surface area contributed by atoms with Crippen molar-refractivity contribution in [1.82, 2.24) is 5.32 Å². The van der Waals surface area contributed by atoms with Crippen molar-refractivity contribution in [3.05, 3.63) is 29.0 Å². The molecule has 0 unspecified atom stereocenters. The van der Waals surface area contributed by atoms with Crippen molar-refractivity contribution in [1.29, 1.82) is 0 Å². The molecule has 1 aliphatic heterocycles. The van der Waals surface area contributed by atoms with Gasteiger partial charge in [-0.1, -0.05) is 30.9 Å². The van der Waals surface area contributed by atoms with Crippen LogP contribution >= 0.6 is 11.6 Å². The Balaban J connectivity index is 1.69. The fourth-order valence-electron chi connectivity index (χ4n) is 3.66. The molecule has 0 aromatic heterocycles. The van der Waals surface area contributed by atoms with Crippen LogP contribution in [0.3, 0.4) is 0 Å². The van der Waals surface area contributed by atoms with Gasteiger partial charge >= 0.3 is 0 Å². The van der Waals surface area contributed by atoms with E-state index in [1.807, 2.05) is 0 Å². The molecule has 0 radical (unpaired) electrons. The lowest BCUT2D eigenvalue weighted by Gasteiger charge is -2.35. The molecule has 3 rings (SSSR count). The van der Waals surface area contributed by atoms with Crippen LogP contribution in [-0.2, 0) is 14.3 Å². The molecule has 1 saturated carbocycles. The summed E-state index contributed by atoms with van der Waals surface area (Å²) in [6.07, 6.45) is 4.83. The van der Waals surface area contributed by atoms with Gasteiger partial charge in [-0.05, 0) is 37.5 Å². The first-order chi connectivity index (χ1) is 12.0. The molecule has 1 aromatic rings. The number of carbonyl (C=O) groups is 2. The quantitative estimate of drug-likeness (QED) is 0.888. The van der Waals surface area contributed by atoms with Gasteiger partial charge in [-0.2, -0.15) is 0 Å². The Bertz CT molecular complexity index is 676. The zero-order valence-electron chi connectivity index (χ0n) is 14.2. The molecule has 1 saturated heterocycles. The minimum absolute atomic E-state index is 0.0293. The zero-order valence-corrected chi connectivity index (χ0v) is 14.9. The second kappa shape index (κ2) is 7.30. The van der Waals surface area contributed by atoms with Crippen molar-refractivity contribution in [2.45, 2.75) is 50.2 Å². The number of carbonyl (C=O) groups excluding carboxylic acids is 2. The van der Waals surface area contributed by atoms with E-state index in [9.17, 15) is 14.0 Å². The Labute approximate surface area is 151 Å². The fourth-order valence-corrected chi connectivity index (χ4v) is 3.83. The van der Waals surface area contributed by atoms with E-state index in [0.717, 1.165) is 19.3 Å². The SMILES string of the molecule is COC1(C(=O)N[C@H]2CCN(c3ccc(F)c(Cl)c3)C2=O)CCCCC1. The topological polar surface area (TPSA) is 58.6 Å². The van der Waals surface area contributed by atoms with Gasteiger partial charge in [-0.25, -0.2) is 4.39 Å². The van der Waals surface area contributed by atoms with E-state index in [1.165, 1.54) is 23.1 Å². The minimum atomic E-state index is -0.828. The van der Waals surface area contributed by atoms with E-state index in [4.69, 9.17) is 16.3 Å². The molecule has 1 aliphatic carbocycles. The number of ether oxygens (including phenoxy) is 1. The average molecular weight is 369 g/mol. The minimum Gasteiger partial charge on any atom is -0.368 e. The van der Waals surface area contributed by atoms with E-state index < -0.39 is 17.5 Å². The van der Waals surface area contributed by atoms with Crippen molar-refractivity contribution < 1.29 is 18.7 Å². The molecule has 1 N–H and O–H groups in total. The van der Waals surface area contributed by atoms with E-state index >= 15 is 0 Å². The van der Waals surface area contributed by atoms with Crippen LogP contribution in [0.4, 0.5) is 10.1 Å². The van der Waals surface area contributed by atoms with Gasteiger partial charge in [0.05, 0.1) is 5.02 Å². The molecular weight excluding hydrogens is 347 g/mol. The van der Waals surface area contributed by atoms with Crippen LogP contribution in [0.1, 0.15) is 38.5 Å². The van der Waals surface area contributed by atoms with E-state index in [0.29, 0.717) is 31.5 Å². The molecule has 0 spiro atoms. The number of anilines is 1. The van der Waals surface area contributed by atoms with Crippen LogP contribution < -0.4 is 10.2 Å². The van der Waals surface area contributed by atoms with Crippen LogP contribution in [0.5, 0.6) is 0 Å². The molecule has 5 nitrogen and oxygen atoms in total. The number of hydrogen-bond donors (Lipinski definition) is 1. The van der Waals surface area contributed by atoms with Crippen LogP contribution in [-0.4, -0.2) is 37.1 Å². The predicted molar refractivity (Wildman–Crippen MR) is 93.1 cm³/mol. The number of benzene rings is 1. The van der Waals surface area contributed by atoms with Crippen molar-refractivity contribution in [2.75, 3.05) is 18.6 Å². The lowest BCUT2D eigenvalue weighted by Crippen LogP contribution is -2.54. The highest BCUT2D eigenvalue weighted by molar-refractivity contribution is 6.31. The van der Waals surface area contributed by atoms with Gasteiger partial charge in [0.25, 0.3) is 5.91 Å². The molecule has 1 atom stereocenters. The highest BCUT2D eigenvalue weighted by atomic mass is 35.5. The molecule has 1 aromatic carbocycles. The summed E-state index contributed by atoms with van der Waals surface area (Å²) in [6, 6.07) is 3.58. The van der Waals surface area contributed by atoms with Gasteiger partial charge in [-0.3, -0.25) is 9.59 Å². The third kappa shape index (κ3) is 3.51. The lowest BCUT2D eigenvalue weighted by molar-refractivity contribution is -0.149. The van der Waals surface area contributed by atoms with Gasteiger partial charge in [0.15, 0.2) is 0 Å². The third-order valence-electron chi connectivity index (χ3n) is 5.19. The standard InChI is InChI=1S/C18H22ClFN2O3/c1-25-18(8-3-2-4-9-18)17(24)21-15-7-10-22(16(15)23)12-5-6-14(20)13(19)11-12/h5-6,11,15H,2-4,7-10H2,1H3,(H,21,24)/t15-/m0/s1. The van der Waals surface area contributed by atoms with Crippen LogP contribution in [0.25, 0.3) is 0 Å². The number of nitrogens with zero attached hydrogens (tertiary/aromatic N) is 1. The smallest absolute Gasteiger partial charge is 0.252 e. The maximum atomic E-state index is 13.3. The highest BCUT2D eigenvalue weighted by Crippen LogP contribution is 2.32. The Kier molecular flexibility index (Phi) is 5.29. The molecule has 25 heavy (non-hydrogen) atoms. The van der Waals surface area contributed by atoms with Gasteiger partial charge in [0.1, 0.15) is 17.5 Å². The molecule has 136 valence electrons. The van der Waals surface area contributed by atoms with Crippen molar-refractivity contribution in [2.24, 2.45) is 0 Å². The zero-order chi connectivity index (χ0) is 18.0. The number of nitrogens with one attached hydrogen (secondary N) is 1.